The van der Waals surface area contributed by atoms with E-state index in [-0.39, 0.29) is 6.04 Å². The fourth-order valence-electron chi connectivity index (χ4n) is 1.98. The van der Waals surface area contributed by atoms with Crippen molar-refractivity contribution in [3.05, 3.63) is 47.6 Å². The molecule has 0 radical (unpaired) electrons. The van der Waals surface area contributed by atoms with Crippen LogP contribution in [0.5, 0.6) is 0 Å². The zero-order chi connectivity index (χ0) is 14.2. The number of benzene rings is 1. The number of nitrogens with two attached hydrogens (primary N) is 1. The Morgan fingerprint density at radius 3 is 2.80 bits per heavy atom. The van der Waals surface area contributed by atoms with Crippen molar-refractivity contribution in [1.82, 2.24) is 10.1 Å². The van der Waals surface area contributed by atoms with Gasteiger partial charge in [0.15, 0.2) is 5.82 Å². The summed E-state index contributed by atoms with van der Waals surface area (Å²) < 4.78 is 10.2. The number of aromatic nitrogens is 2. The van der Waals surface area contributed by atoms with Gasteiger partial charge in [-0.05, 0) is 24.8 Å². The maximum atomic E-state index is 6.09. The van der Waals surface area contributed by atoms with Crippen LogP contribution in [-0.2, 0) is 17.6 Å². The average molecular weight is 275 g/mol. The van der Waals surface area contributed by atoms with Crippen LogP contribution in [0.3, 0.4) is 0 Å². The van der Waals surface area contributed by atoms with Crippen molar-refractivity contribution in [3.8, 4) is 0 Å². The Hall–Kier alpha value is -1.72. The third-order valence-electron chi connectivity index (χ3n) is 3.14. The average Bonchev–Trinajstić information content (AvgIpc) is 2.95. The Morgan fingerprint density at radius 1 is 1.25 bits per heavy atom. The summed E-state index contributed by atoms with van der Waals surface area (Å²) >= 11 is 0. The van der Waals surface area contributed by atoms with Gasteiger partial charge < -0.3 is 15.0 Å². The summed E-state index contributed by atoms with van der Waals surface area (Å²) in [6.45, 7) is 0.698. The van der Waals surface area contributed by atoms with Gasteiger partial charge in [0.2, 0.25) is 5.89 Å². The minimum atomic E-state index is -0.209. The van der Waals surface area contributed by atoms with E-state index in [1.165, 1.54) is 5.56 Å². The van der Waals surface area contributed by atoms with Crippen LogP contribution < -0.4 is 5.73 Å². The van der Waals surface area contributed by atoms with Gasteiger partial charge in [-0.15, -0.1) is 0 Å². The van der Waals surface area contributed by atoms with Crippen LogP contribution in [0.25, 0.3) is 0 Å². The first kappa shape index (κ1) is 14.7. The lowest BCUT2D eigenvalue weighted by Crippen LogP contribution is -2.12. The van der Waals surface area contributed by atoms with Crippen molar-refractivity contribution in [2.24, 2.45) is 5.73 Å². The second kappa shape index (κ2) is 7.77. The largest absolute Gasteiger partial charge is 0.385 e. The quantitative estimate of drug-likeness (QED) is 0.748. The number of nitrogens with zero attached hydrogens (tertiary/aromatic N) is 2. The molecule has 0 saturated heterocycles. The molecule has 0 fully saturated rings. The molecule has 2 rings (SSSR count). The van der Waals surface area contributed by atoms with Crippen LogP contribution in [0.15, 0.2) is 34.9 Å². The first-order chi connectivity index (χ1) is 9.79. The lowest BCUT2D eigenvalue weighted by atomic mass is 10.1. The van der Waals surface area contributed by atoms with E-state index in [0.717, 1.165) is 25.7 Å². The fourth-order valence-corrected chi connectivity index (χ4v) is 1.98. The zero-order valence-electron chi connectivity index (χ0n) is 11.8. The van der Waals surface area contributed by atoms with Crippen LogP contribution >= 0.6 is 0 Å². The SMILES string of the molecule is COCCCc1noc(C(N)CCc2ccccc2)n1. The molecule has 20 heavy (non-hydrogen) atoms. The van der Waals surface area contributed by atoms with Gasteiger partial charge in [0.05, 0.1) is 6.04 Å². The Bertz CT molecular complexity index is 499. The number of rotatable bonds is 8. The summed E-state index contributed by atoms with van der Waals surface area (Å²) in [5.74, 6) is 1.22. The smallest absolute Gasteiger partial charge is 0.243 e. The normalized spacial score (nSPS) is 12.5. The Morgan fingerprint density at radius 2 is 2.05 bits per heavy atom. The third-order valence-corrected chi connectivity index (χ3v) is 3.14. The predicted molar refractivity (Wildman–Crippen MR) is 76.2 cm³/mol. The molecule has 1 aromatic heterocycles. The van der Waals surface area contributed by atoms with E-state index in [9.17, 15) is 0 Å². The van der Waals surface area contributed by atoms with Gasteiger partial charge in [0.1, 0.15) is 0 Å². The van der Waals surface area contributed by atoms with E-state index in [4.69, 9.17) is 15.0 Å². The number of ether oxygens (including phenoxy) is 1. The number of methoxy groups -OCH3 is 1. The van der Waals surface area contributed by atoms with E-state index < -0.39 is 0 Å². The van der Waals surface area contributed by atoms with Crippen molar-refractivity contribution in [1.29, 1.82) is 0 Å². The Balaban J connectivity index is 1.81. The minimum Gasteiger partial charge on any atom is -0.385 e. The van der Waals surface area contributed by atoms with Crippen molar-refractivity contribution in [3.63, 3.8) is 0 Å². The van der Waals surface area contributed by atoms with Crippen molar-refractivity contribution < 1.29 is 9.26 Å². The molecule has 0 amide bonds. The molecule has 0 aliphatic carbocycles. The molecular weight excluding hydrogens is 254 g/mol. The van der Waals surface area contributed by atoms with Gasteiger partial charge >= 0.3 is 0 Å². The van der Waals surface area contributed by atoms with E-state index in [2.05, 4.69) is 22.3 Å². The lowest BCUT2D eigenvalue weighted by Gasteiger charge is -2.06. The summed E-state index contributed by atoms with van der Waals surface area (Å²) in [6, 6.07) is 10.0. The van der Waals surface area contributed by atoms with Gasteiger partial charge in [0, 0.05) is 20.1 Å². The monoisotopic (exact) mass is 275 g/mol. The van der Waals surface area contributed by atoms with E-state index in [1.807, 2.05) is 18.2 Å². The molecule has 5 heteroatoms. The van der Waals surface area contributed by atoms with Gasteiger partial charge in [-0.3, -0.25) is 0 Å². The lowest BCUT2D eigenvalue weighted by molar-refractivity contribution is 0.194. The molecule has 1 aromatic carbocycles. The highest BCUT2D eigenvalue weighted by Crippen LogP contribution is 2.15. The summed E-state index contributed by atoms with van der Waals surface area (Å²) in [5.41, 5.74) is 7.36. The van der Waals surface area contributed by atoms with Crippen LogP contribution in [-0.4, -0.2) is 23.9 Å². The maximum absolute atomic E-state index is 6.09. The molecule has 1 unspecified atom stereocenters. The van der Waals surface area contributed by atoms with Crippen molar-refractivity contribution in [2.45, 2.75) is 31.7 Å². The standard InChI is InChI=1S/C15H21N3O2/c1-19-11-5-8-14-17-15(20-18-14)13(16)10-9-12-6-3-2-4-7-12/h2-4,6-7,13H,5,8-11,16H2,1H3. The molecule has 0 spiro atoms. The summed E-state index contributed by atoms with van der Waals surface area (Å²) in [7, 11) is 1.68. The van der Waals surface area contributed by atoms with Gasteiger partial charge in [-0.1, -0.05) is 35.5 Å². The Labute approximate surface area is 119 Å². The highest BCUT2D eigenvalue weighted by molar-refractivity contribution is 5.15. The molecule has 2 N–H and O–H groups in total. The predicted octanol–water partition coefficient (Wildman–Crippen LogP) is 2.28. The summed E-state index contributed by atoms with van der Waals surface area (Å²) in [5, 5.41) is 3.94. The van der Waals surface area contributed by atoms with Crippen LogP contribution in [0.1, 0.15) is 36.2 Å². The molecule has 0 aliphatic rings. The topological polar surface area (TPSA) is 74.2 Å². The molecule has 1 atom stereocenters. The van der Waals surface area contributed by atoms with Crippen LogP contribution in [0.4, 0.5) is 0 Å². The summed E-state index contributed by atoms with van der Waals surface area (Å²) in [4.78, 5) is 4.34. The number of aryl methyl sites for hydroxylation is 2. The molecule has 0 bridgehead atoms. The molecular formula is C15H21N3O2. The zero-order valence-corrected chi connectivity index (χ0v) is 11.8. The molecule has 0 saturated carbocycles. The molecule has 0 aliphatic heterocycles. The van der Waals surface area contributed by atoms with E-state index in [1.54, 1.807) is 7.11 Å². The van der Waals surface area contributed by atoms with Crippen LogP contribution in [0, 0.1) is 0 Å². The van der Waals surface area contributed by atoms with Crippen molar-refractivity contribution >= 4 is 0 Å². The highest BCUT2D eigenvalue weighted by atomic mass is 16.5. The summed E-state index contributed by atoms with van der Waals surface area (Å²) in [6.07, 6.45) is 3.34. The van der Waals surface area contributed by atoms with Crippen molar-refractivity contribution in [2.75, 3.05) is 13.7 Å². The second-order valence-corrected chi connectivity index (χ2v) is 4.78. The van der Waals surface area contributed by atoms with E-state index >= 15 is 0 Å². The first-order valence-electron chi connectivity index (χ1n) is 6.90. The molecule has 5 nitrogen and oxygen atoms in total. The van der Waals surface area contributed by atoms with Gasteiger partial charge in [-0.2, -0.15) is 4.98 Å². The van der Waals surface area contributed by atoms with Crippen LogP contribution in [0.2, 0.25) is 0 Å². The van der Waals surface area contributed by atoms with Gasteiger partial charge in [0.25, 0.3) is 0 Å². The van der Waals surface area contributed by atoms with E-state index in [0.29, 0.717) is 18.3 Å². The van der Waals surface area contributed by atoms with Gasteiger partial charge in [-0.25, -0.2) is 0 Å². The highest BCUT2D eigenvalue weighted by Gasteiger charge is 2.14. The Kier molecular flexibility index (Phi) is 5.70. The third kappa shape index (κ3) is 4.43. The number of hydrogen-bond donors (Lipinski definition) is 1. The molecule has 1 heterocycles. The molecule has 108 valence electrons. The maximum Gasteiger partial charge on any atom is 0.243 e. The second-order valence-electron chi connectivity index (χ2n) is 4.78. The fraction of sp³-hybridized carbons (Fsp3) is 0.467. The number of hydrogen-bond acceptors (Lipinski definition) is 5. The first-order valence-corrected chi connectivity index (χ1v) is 6.90. The minimum absolute atomic E-state index is 0.209. The molecule has 2 aromatic rings.